The number of hydrogen-bond acceptors (Lipinski definition) is 4. The Labute approximate surface area is 124 Å². The Bertz CT molecular complexity index is 524. The van der Waals surface area contributed by atoms with Gasteiger partial charge in [-0.1, -0.05) is 24.8 Å². The lowest BCUT2D eigenvalue weighted by Gasteiger charge is -2.23. The van der Waals surface area contributed by atoms with Crippen LogP contribution < -0.4 is 4.74 Å². The van der Waals surface area contributed by atoms with Gasteiger partial charge in [-0.15, -0.1) is 0 Å². The van der Waals surface area contributed by atoms with Gasteiger partial charge in [-0.05, 0) is 50.3 Å². The molecule has 4 heteroatoms. The van der Waals surface area contributed by atoms with Gasteiger partial charge < -0.3 is 9.47 Å². The van der Waals surface area contributed by atoms with Crippen LogP contribution in [0.1, 0.15) is 38.2 Å². The van der Waals surface area contributed by atoms with E-state index in [4.69, 9.17) is 9.47 Å². The van der Waals surface area contributed by atoms with E-state index in [2.05, 4.69) is 6.58 Å². The van der Waals surface area contributed by atoms with Crippen LogP contribution in [-0.4, -0.2) is 24.0 Å². The predicted molar refractivity (Wildman–Crippen MR) is 80.0 cm³/mol. The molecule has 0 heterocycles. The van der Waals surface area contributed by atoms with E-state index in [9.17, 15) is 9.59 Å². The fourth-order valence-electron chi connectivity index (χ4n) is 2.41. The number of carbonyl (C=O) groups is 2. The molecule has 2 rings (SSSR count). The number of ketones is 1. The second kappa shape index (κ2) is 6.57. The molecule has 0 bridgehead atoms. The normalized spacial score (nSPS) is 16.2. The lowest BCUT2D eigenvalue weighted by Crippen LogP contribution is -2.34. The van der Waals surface area contributed by atoms with Gasteiger partial charge in [-0.3, -0.25) is 4.79 Å². The molecule has 0 amide bonds. The molecular formula is C17H20O4. The highest BCUT2D eigenvalue weighted by Crippen LogP contribution is 2.32. The molecule has 0 atom stereocenters. The van der Waals surface area contributed by atoms with Crippen molar-refractivity contribution in [1.29, 1.82) is 0 Å². The zero-order chi connectivity index (χ0) is 15.3. The van der Waals surface area contributed by atoms with Crippen LogP contribution >= 0.6 is 0 Å². The van der Waals surface area contributed by atoms with E-state index in [0.29, 0.717) is 5.75 Å². The Morgan fingerprint density at radius 1 is 1.24 bits per heavy atom. The zero-order valence-electron chi connectivity index (χ0n) is 12.3. The molecule has 1 aliphatic rings. The highest BCUT2D eigenvalue weighted by atomic mass is 16.6. The predicted octanol–water partition coefficient (Wildman–Crippen LogP) is 3.15. The molecule has 0 aromatic heterocycles. The van der Waals surface area contributed by atoms with Crippen molar-refractivity contribution < 1.29 is 19.1 Å². The third-order valence-corrected chi connectivity index (χ3v) is 3.71. The van der Waals surface area contributed by atoms with E-state index >= 15 is 0 Å². The van der Waals surface area contributed by atoms with Crippen molar-refractivity contribution in [3.8, 4) is 5.75 Å². The minimum Gasteiger partial charge on any atom is -0.485 e. The summed E-state index contributed by atoms with van der Waals surface area (Å²) in [4.78, 5) is 23.5. The average molecular weight is 288 g/mol. The first-order valence-corrected chi connectivity index (χ1v) is 7.14. The minimum absolute atomic E-state index is 0.303. The second-order valence-electron chi connectivity index (χ2n) is 5.53. The van der Waals surface area contributed by atoms with Gasteiger partial charge in [0.2, 0.25) is 0 Å². The number of hydrogen-bond donors (Lipinski definition) is 0. The van der Waals surface area contributed by atoms with E-state index < -0.39 is 17.4 Å². The van der Waals surface area contributed by atoms with E-state index in [1.54, 1.807) is 18.2 Å². The summed E-state index contributed by atoms with van der Waals surface area (Å²) in [6.07, 6.45) is 5.41. The lowest BCUT2D eigenvalue weighted by molar-refractivity contribution is -0.165. The summed E-state index contributed by atoms with van der Waals surface area (Å²) in [7, 11) is 0. The first-order chi connectivity index (χ1) is 10.0. The molecule has 0 spiro atoms. The topological polar surface area (TPSA) is 52.6 Å². The molecule has 21 heavy (non-hydrogen) atoms. The van der Waals surface area contributed by atoms with Gasteiger partial charge in [-0.2, -0.15) is 0 Å². The van der Waals surface area contributed by atoms with Crippen molar-refractivity contribution in [2.24, 2.45) is 0 Å². The van der Waals surface area contributed by atoms with Crippen LogP contribution in [0.5, 0.6) is 5.75 Å². The molecule has 1 fully saturated rings. The van der Waals surface area contributed by atoms with Crippen LogP contribution in [0.2, 0.25) is 0 Å². The van der Waals surface area contributed by atoms with Gasteiger partial charge in [0.25, 0.3) is 5.78 Å². The van der Waals surface area contributed by atoms with Crippen molar-refractivity contribution in [3.63, 3.8) is 0 Å². The van der Waals surface area contributed by atoms with Crippen molar-refractivity contribution in [2.45, 2.75) is 38.2 Å². The number of Topliss-reactive ketones (excluding diaryl/α,β-unsaturated/α-hetero) is 1. The Hall–Kier alpha value is -2.10. The van der Waals surface area contributed by atoms with Crippen molar-refractivity contribution in [1.82, 2.24) is 0 Å². The summed E-state index contributed by atoms with van der Waals surface area (Å²) in [5, 5.41) is 0. The Morgan fingerprint density at radius 2 is 1.86 bits per heavy atom. The van der Waals surface area contributed by atoms with Gasteiger partial charge in [0.05, 0.1) is 0 Å². The molecule has 112 valence electrons. The van der Waals surface area contributed by atoms with E-state index in [1.807, 2.05) is 19.1 Å². The van der Waals surface area contributed by atoms with Crippen LogP contribution in [-0.2, 0) is 14.3 Å². The number of carbonyl (C=O) groups excluding carboxylic acids is 2. The Kier molecular flexibility index (Phi) is 4.78. The third kappa shape index (κ3) is 4.18. The number of esters is 1. The molecule has 1 aliphatic carbocycles. The summed E-state index contributed by atoms with van der Waals surface area (Å²) >= 11 is 0. The molecule has 0 saturated heterocycles. The molecule has 1 aromatic rings. The van der Waals surface area contributed by atoms with Crippen molar-refractivity contribution >= 4 is 17.8 Å². The SMILES string of the molecule is C=Cc1ccc(OCC(=O)C(=O)OC2(C)CCCC2)cc1. The van der Waals surface area contributed by atoms with Gasteiger partial charge in [0.15, 0.2) is 6.61 Å². The Morgan fingerprint density at radius 3 is 2.43 bits per heavy atom. The highest BCUT2D eigenvalue weighted by Gasteiger charge is 2.34. The standard InChI is InChI=1S/C17H20O4/c1-3-13-6-8-14(9-7-13)20-12-15(18)16(19)21-17(2)10-4-5-11-17/h3,6-9H,1,4-5,10-12H2,2H3. The number of ether oxygens (including phenoxy) is 2. The van der Waals surface area contributed by atoms with Gasteiger partial charge in [0, 0.05) is 0 Å². The summed E-state index contributed by atoms with van der Waals surface area (Å²) in [5.41, 5.74) is 0.473. The molecular weight excluding hydrogens is 268 g/mol. The van der Waals surface area contributed by atoms with Crippen LogP contribution in [0.15, 0.2) is 30.8 Å². The first-order valence-electron chi connectivity index (χ1n) is 7.14. The monoisotopic (exact) mass is 288 g/mol. The second-order valence-corrected chi connectivity index (χ2v) is 5.53. The first kappa shape index (κ1) is 15.3. The highest BCUT2D eigenvalue weighted by molar-refractivity contribution is 6.34. The molecule has 0 aliphatic heterocycles. The van der Waals surface area contributed by atoms with Crippen LogP contribution in [0.25, 0.3) is 6.08 Å². The fraction of sp³-hybridized carbons (Fsp3) is 0.412. The maximum absolute atomic E-state index is 11.8. The molecule has 4 nitrogen and oxygen atoms in total. The van der Waals surface area contributed by atoms with Crippen molar-refractivity contribution in [3.05, 3.63) is 36.4 Å². The summed E-state index contributed by atoms with van der Waals surface area (Å²) in [5.74, 6) is -0.924. The van der Waals surface area contributed by atoms with Gasteiger partial charge in [0.1, 0.15) is 11.4 Å². The van der Waals surface area contributed by atoms with Gasteiger partial charge in [-0.25, -0.2) is 4.79 Å². The summed E-state index contributed by atoms with van der Waals surface area (Å²) in [6.45, 7) is 5.23. The minimum atomic E-state index is -0.804. The quantitative estimate of drug-likeness (QED) is 0.596. The largest absolute Gasteiger partial charge is 0.485 e. The lowest BCUT2D eigenvalue weighted by atomic mass is 10.1. The molecule has 0 unspecified atom stereocenters. The smallest absolute Gasteiger partial charge is 0.378 e. The van der Waals surface area contributed by atoms with Crippen LogP contribution in [0, 0.1) is 0 Å². The van der Waals surface area contributed by atoms with E-state index in [1.165, 1.54) is 0 Å². The van der Waals surface area contributed by atoms with E-state index in [-0.39, 0.29) is 6.61 Å². The molecule has 1 saturated carbocycles. The van der Waals surface area contributed by atoms with Crippen LogP contribution in [0.4, 0.5) is 0 Å². The summed E-state index contributed by atoms with van der Waals surface area (Å²) in [6, 6.07) is 7.11. The molecule has 0 radical (unpaired) electrons. The zero-order valence-corrected chi connectivity index (χ0v) is 12.3. The maximum Gasteiger partial charge on any atom is 0.378 e. The number of benzene rings is 1. The molecule has 1 aromatic carbocycles. The molecule has 0 N–H and O–H groups in total. The number of rotatable bonds is 6. The Balaban J connectivity index is 1.83. The van der Waals surface area contributed by atoms with E-state index in [0.717, 1.165) is 31.2 Å². The van der Waals surface area contributed by atoms with Crippen LogP contribution in [0.3, 0.4) is 0 Å². The van der Waals surface area contributed by atoms with Gasteiger partial charge >= 0.3 is 5.97 Å². The average Bonchev–Trinajstić information content (AvgIpc) is 2.91. The third-order valence-electron chi connectivity index (χ3n) is 3.71. The fourth-order valence-corrected chi connectivity index (χ4v) is 2.41. The maximum atomic E-state index is 11.8. The van der Waals surface area contributed by atoms with Crippen molar-refractivity contribution in [2.75, 3.05) is 6.61 Å². The summed E-state index contributed by atoms with van der Waals surface area (Å²) < 4.78 is 10.6.